The highest BCUT2D eigenvalue weighted by Crippen LogP contribution is 2.13. The Labute approximate surface area is 95.5 Å². The predicted molar refractivity (Wildman–Crippen MR) is 58.5 cm³/mol. The zero-order valence-electron chi connectivity index (χ0n) is 9.91. The molecule has 0 unspecified atom stereocenters. The van der Waals surface area contributed by atoms with Crippen molar-refractivity contribution in [1.82, 2.24) is 5.32 Å². The largest absolute Gasteiger partial charge is 0.411 e. The maximum absolute atomic E-state index is 11.7. The number of nitrogens with one attached hydrogen (secondary N) is 1. The smallest absolute Gasteiger partial charge is 0.371 e. The third-order valence-electron chi connectivity index (χ3n) is 2.15. The van der Waals surface area contributed by atoms with Gasteiger partial charge in [0.25, 0.3) is 0 Å². The molecule has 0 bridgehead atoms. The van der Waals surface area contributed by atoms with Gasteiger partial charge in [0.05, 0.1) is 6.61 Å². The molecule has 0 fully saturated rings. The molecule has 0 spiro atoms. The zero-order chi connectivity index (χ0) is 12.3. The lowest BCUT2D eigenvalue weighted by molar-refractivity contribution is -0.173. The van der Waals surface area contributed by atoms with Gasteiger partial charge in [-0.1, -0.05) is 32.6 Å². The first-order valence-electron chi connectivity index (χ1n) is 5.91. The lowest BCUT2D eigenvalue weighted by Crippen LogP contribution is -2.24. The number of ether oxygens (including phenoxy) is 1. The Hall–Kier alpha value is -0.290. The summed E-state index contributed by atoms with van der Waals surface area (Å²) in [6.07, 6.45) is 1.78. The monoisotopic (exact) mass is 241 g/mol. The number of rotatable bonds is 10. The van der Waals surface area contributed by atoms with Crippen molar-refractivity contribution in [2.75, 3.05) is 26.3 Å². The first-order valence-corrected chi connectivity index (χ1v) is 5.91. The van der Waals surface area contributed by atoms with Crippen LogP contribution in [0.25, 0.3) is 0 Å². The molecular weight excluding hydrogens is 219 g/mol. The summed E-state index contributed by atoms with van der Waals surface area (Å²) in [5.74, 6) is 0. The normalized spacial score (nSPS) is 12.0. The van der Waals surface area contributed by atoms with E-state index in [2.05, 4.69) is 17.0 Å². The fourth-order valence-electron chi connectivity index (χ4n) is 1.31. The van der Waals surface area contributed by atoms with Gasteiger partial charge in [0.2, 0.25) is 0 Å². The second kappa shape index (κ2) is 9.90. The summed E-state index contributed by atoms with van der Waals surface area (Å²) in [5.41, 5.74) is 0. The standard InChI is InChI=1S/C11H22F3NO/c1-2-3-4-5-6-7-15-8-9-16-10-11(12,13)14/h15H,2-10H2,1H3. The quantitative estimate of drug-likeness (QED) is 0.593. The van der Waals surface area contributed by atoms with Crippen molar-refractivity contribution in [3.05, 3.63) is 0 Å². The van der Waals surface area contributed by atoms with E-state index < -0.39 is 12.8 Å². The van der Waals surface area contributed by atoms with E-state index in [1.165, 1.54) is 25.7 Å². The highest BCUT2D eigenvalue weighted by atomic mass is 19.4. The van der Waals surface area contributed by atoms with Crippen LogP contribution in [0, 0.1) is 0 Å². The van der Waals surface area contributed by atoms with Crippen LogP contribution in [0.5, 0.6) is 0 Å². The molecule has 0 aromatic heterocycles. The molecule has 0 aromatic carbocycles. The summed E-state index contributed by atoms with van der Waals surface area (Å²) < 4.78 is 39.4. The third kappa shape index (κ3) is 13.7. The molecule has 2 nitrogen and oxygen atoms in total. The van der Waals surface area contributed by atoms with Gasteiger partial charge in [0, 0.05) is 6.54 Å². The molecular formula is C11H22F3NO. The lowest BCUT2D eigenvalue weighted by Gasteiger charge is -2.08. The molecule has 5 heteroatoms. The van der Waals surface area contributed by atoms with Gasteiger partial charge in [-0.05, 0) is 13.0 Å². The van der Waals surface area contributed by atoms with Crippen molar-refractivity contribution in [3.8, 4) is 0 Å². The van der Waals surface area contributed by atoms with Crippen LogP contribution in [0.4, 0.5) is 13.2 Å². The maximum Gasteiger partial charge on any atom is 0.411 e. The Kier molecular flexibility index (Phi) is 9.72. The third-order valence-corrected chi connectivity index (χ3v) is 2.15. The molecule has 98 valence electrons. The van der Waals surface area contributed by atoms with Crippen LogP contribution >= 0.6 is 0 Å². The molecule has 0 heterocycles. The van der Waals surface area contributed by atoms with Crippen molar-refractivity contribution < 1.29 is 17.9 Å². The summed E-state index contributed by atoms with van der Waals surface area (Å²) in [7, 11) is 0. The van der Waals surface area contributed by atoms with E-state index in [-0.39, 0.29) is 6.61 Å². The molecule has 0 rings (SSSR count). The van der Waals surface area contributed by atoms with Crippen molar-refractivity contribution >= 4 is 0 Å². The molecule has 0 aliphatic carbocycles. The lowest BCUT2D eigenvalue weighted by atomic mass is 10.1. The van der Waals surface area contributed by atoms with Crippen molar-refractivity contribution in [3.63, 3.8) is 0 Å². The SMILES string of the molecule is CCCCCCCNCCOCC(F)(F)F. The Morgan fingerprint density at radius 3 is 2.31 bits per heavy atom. The van der Waals surface area contributed by atoms with E-state index in [1.54, 1.807) is 0 Å². The Balaban J connectivity index is 2.99. The van der Waals surface area contributed by atoms with Gasteiger partial charge < -0.3 is 10.1 Å². The minimum atomic E-state index is -4.21. The fourth-order valence-corrected chi connectivity index (χ4v) is 1.31. The minimum absolute atomic E-state index is 0.120. The molecule has 16 heavy (non-hydrogen) atoms. The van der Waals surface area contributed by atoms with Gasteiger partial charge in [-0.2, -0.15) is 13.2 Å². The van der Waals surface area contributed by atoms with E-state index in [4.69, 9.17) is 0 Å². The van der Waals surface area contributed by atoms with Gasteiger partial charge in [0.1, 0.15) is 6.61 Å². The molecule has 0 saturated heterocycles. The average molecular weight is 241 g/mol. The summed E-state index contributed by atoms with van der Waals surface area (Å²) in [6.45, 7) is 2.48. The molecule has 1 N–H and O–H groups in total. The summed E-state index contributed by atoms with van der Waals surface area (Å²) >= 11 is 0. The molecule has 0 radical (unpaired) electrons. The van der Waals surface area contributed by atoms with Crippen molar-refractivity contribution in [2.24, 2.45) is 0 Å². The van der Waals surface area contributed by atoms with Gasteiger partial charge >= 0.3 is 6.18 Å². The van der Waals surface area contributed by atoms with E-state index in [0.717, 1.165) is 13.0 Å². The van der Waals surface area contributed by atoms with E-state index in [9.17, 15) is 13.2 Å². The van der Waals surface area contributed by atoms with Crippen LogP contribution in [0.1, 0.15) is 39.0 Å². The second-order valence-corrected chi connectivity index (χ2v) is 3.83. The first-order chi connectivity index (χ1) is 7.56. The van der Waals surface area contributed by atoms with E-state index in [0.29, 0.717) is 6.54 Å². The highest BCUT2D eigenvalue weighted by molar-refractivity contribution is 4.50. The number of unbranched alkanes of at least 4 members (excludes halogenated alkanes) is 4. The van der Waals surface area contributed by atoms with Crippen LogP contribution in [0.15, 0.2) is 0 Å². The summed E-state index contributed by atoms with van der Waals surface area (Å²) in [5, 5.41) is 3.06. The highest BCUT2D eigenvalue weighted by Gasteiger charge is 2.27. The molecule has 0 saturated carbocycles. The Morgan fingerprint density at radius 1 is 1.00 bits per heavy atom. The number of hydrogen-bond acceptors (Lipinski definition) is 2. The van der Waals surface area contributed by atoms with Crippen LogP contribution < -0.4 is 5.32 Å². The van der Waals surface area contributed by atoms with Crippen LogP contribution in [-0.4, -0.2) is 32.5 Å². The van der Waals surface area contributed by atoms with Crippen LogP contribution in [0.2, 0.25) is 0 Å². The van der Waals surface area contributed by atoms with Crippen molar-refractivity contribution in [1.29, 1.82) is 0 Å². The summed E-state index contributed by atoms with van der Waals surface area (Å²) in [4.78, 5) is 0. The number of halogens is 3. The Morgan fingerprint density at radius 2 is 1.69 bits per heavy atom. The molecule has 0 atom stereocenters. The first kappa shape index (κ1) is 15.7. The van der Waals surface area contributed by atoms with Gasteiger partial charge in [-0.3, -0.25) is 0 Å². The topological polar surface area (TPSA) is 21.3 Å². The van der Waals surface area contributed by atoms with Gasteiger partial charge in [-0.15, -0.1) is 0 Å². The molecule has 0 aromatic rings. The number of hydrogen-bond donors (Lipinski definition) is 1. The van der Waals surface area contributed by atoms with E-state index in [1.807, 2.05) is 0 Å². The maximum atomic E-state index is 11.7. The molecule has 0 aliphatic rings. The fraction of sp³-hybridized carbons (Fsp3) is 1.00. The van der Waals surface area contributed by atoms with Gasteiger partial charge in [0.15, 0.2) is 0 Å². The van der Waals surface area contributed by atoms with Crippen molar-refractivity contribution in [2.45, 2.75) is 45.2 Å². The minimum Gasteiger partial charge on any atom is -0.371 e. The predicted octanol–water partition coefficient (Wildman–Crippen LogP) is 3.13. The second-order valence-electron chi connectivity index (χ2n) is 3.83. The molecule has 0 aliphatic heterocycles. The zero-order valence-corrected chi connectivity index (χ0v) is 9.91. The van der Waals surface area contributed by atoms with Crippen LogP contribution in [-0.2, 0) is 4.74 Å². The summed E-state index contributed by atoms with van der Waals surface area (Å²) in [6, 6.07) is 0. The van der Waals surface area contributed by atoms with Crippen LogP contribution in [0.3, 0.4) is 0 Å². The van der Waals surface area contributed by atoms with Gasteiger partial charge in [-0.25, -0.2) is 0 Å². The van der Waals surface area contributed by atoms with E-state index >= 15 is 0 Å². The average Bonchev–Trinajstić information content (AvgIpc) is 2.19. The Bertz CT molecular complexity index is 151. The molecule has 0 amide bonds. The number of alkyl halides is 3.